The lowest BCUT2D eigenvalue weighted by molar-refractivity contribution is 0.183. The highest BCUT2D eigenvalue weighted by molar-refractivity contribution is 5.31. The van der Waals surface area contributed by atoms with Gasteiger partial charge in [0, 0.05) is 19.8 Å². The summed E-state index contributed by atoms with van der Waals surface area (Å²) in [7, 11) is 1.75. The third-order valence-electron chi connectivity index (χ3n) is 3.15. The molecule has 3 nitrogen and oxygen atoms in total. The predicted octanol–water partition coefficient (Wildman–Crippen LogP) is 2.91. The molecule has 18 heavy (non-hydrogen) atoms. The summed E-state index contributed by atoms with van der Waals surface area (Å²) < 4.78 is 11.0. The molecular formula is C15H23NO2. The highest BCUT2D eigenvalue weighted by Crippen LogP contribution is 2.28. The maximum Gasteiger partial charge on any atom is 0.120 e. The van der Waals surface area contributed by atoms with Gasteiger partial charge in [0.1, 0.15) is 5.75 Å². The third kappa shape index (κ3) is 4.00. The quantitative estimate of drug-likeness (QED) is 0.768. The molecule has 1 aromatic rings. The predicted molar refractivity (Wildman–Crippen MR) is 73.0 cm³/mol. The average molecular weight is 249 g/mol. The maximum atomic E-state index is 5.84. The van der Waals surface area contributed by atoms with Crippen LogP contribution in [0.3, 0.4) is 0 Å². The van der Waals surface area contributed by atoms with Gasteiger partial charge in [-0.15, -0.1) is 0 Å². The van der Waals surface area contributed by atoms with Gasteiger partial charge in [0.2, 0.25) is 0 Å². The van der Waals surface area contributed by atoms with Crippen molar-refractivity contribution in [2.75, 3.05) is 20.3 Å². The van der Waals surface area contributed by atoms with Crippen molar-refractivity contribution in [2.24, 2.45) is 0 Å². The van der Waals surface area contributed by atoms with Crippen molar-refractivity contribution in [3.8, 4) is 5.75 Å². The number of hydrogen-bond acceptors (Lipinski definition) is 3. The van der Waals surface area contributed by atoms with Crippen molar-refractivity contribution in [3.63, 3.8) is 0 Å². The molecule has 1 aromatic carbocycles. The third-order valence-corrected chi connectivity index (χ3v) is 3.15. The van der Waals surface area contributed by atoms with Crippen molar-refractivity contribution in [2.45, 2.75) is 38.3 Å². The van der Waals surface area contributed by atoms with Crippen LogP contribution in [0.1, 0.15) is 37.8 Å². The lowest BCUT2D eigenvalue weighted by Crippen LogP contribution is -2.22. The molecule has 1 atom stereocenters. The summed E-state index contributed by atoms with van der Waals surface area (Å²) in [6.45, 7) is 3.86. The van der Waals surface area contributed by atoms with E-state index in [1.165, 1.54) is 18.4 Å². The molecular weight excluding hydrogens is 226 g/mol. The van der Waals surface area contributed by atoms with Gasteiger partial charge in [-0.1, -0.05) is 19.1 Å². The van der Waals surface area contributed by atoms with Gasteiger partial charge < -0.3 is 14.8 Å². The van der Waals surface area contributed by atoms with Crippen molar-refractivity contribution in [1.29, 1.82) is 0 Å². The van der Waals surface area contributed by atoms with Gasteiger partial charge in [-0.3, -0.25) is 0 Å². The van der Waals surface area contributed by atoms with Crippen LogP contribution in [0.5, 0.6) is 5.75 Å². The van der Waals surface area contributed by atoms with Crippen LogP contribution in [0.15, 0.2) is 24.3 Å². The molecule has 1 aliphatic rings. The van der Waals surface area contributed by atoms with Crippen LogP contribution in [-0.4, -0.2) is 26.4 Å². The first-order valence-electron chi connectivity index (χ1n) is 6.82. The summed E-state index contributed by atoms with van der Waals surface area (Å²) >= 11 is 0. The Morgan fingerprint density at radius 2 is 2.22 bits per heavy atom. The zero-order valence-corrected chi connectivity index (χ0v) is 11.3. The average Bonchev–Trinajstić information content (AvgIpc) is 3.19. The largest absolute Gasteiger partial charge is 0.490 e. The van der Waals surface area contributed by atoms with Gasteiger partial charge in [0.15, 0.2) is 0 Å². The Kier molecular flexibility index (Phi) is 5.02. The standard InChI is InChI=1S/C15H23NO2/c1-3-16-15(9-10-17-2)12-5-4-6-14(11-12)18-13-7-8-13/h4-6,11,13,15-16H,3,7-10H2,1-2H3. The molecule has 1 saturated carbocycles. The van der Waals surface area contributed by atoms with Crippen molar-refractivity contribution in [1.82, 2.24) is 5.32 Å². The molecule has 0 radical (unpaired) electrons. The monoisotopic (exact) mass is 249 g/mol. The molecule has 2 rings (SSSR count). The van der Waals surface area contributed by atoms with Gasteiger partial charge in [-0.25, -0.2) is 0 Å². The fourth-order valence-electron chi connectivity index (χ4n) is 2.05. The second kappa shape index (κ2) is 6.76. The zero-order chi connectivity index (χ0) is 12.8. The smallest absolute Gasteiger partial charge is 0.120 e. The maximum absolute atomic E-state index is 5.84. The molecule has 1 aliphatic carbocycles. The van der Waals surface area contributed by atoms with Gasteiger partial charge in [-0.2, -0.15) is 0 Å². The Hall–Kier alpha value is -1.06. The molecule has 0 heterocycles. The molecule has 0 bridgehead atoms. The fraction of sp³-hybridized carbons (Fsp3) is 0.600. The van der Waals surface area contributed by atoms with E-state index in [0.29, 0.717) is 12.1 Å². The Balaban J connectivity index is 2.02. The van der Waals surface area contributed by atoms with Gasteiger partial charge in [-0.05, 0) is 43.5 Å². The first-order chi connectivity index (χ1) is 8.83. The molecule has 0 spiro atoms. The SMILES string of the molecule is CCNC(CCOC)c1cccc(OC2CC2)c1. The van der Waals surface area contributed by atoms with E-state index in [-0.39, 0.29) is 0 Å². The van der Waals surface area contributed by atoms with Gasteiger partial charge >= 0.3 is 0 Å². The van der Waals surface area contributed by atoms with Crippen molar-refractivity contribution in [3.05, 3.63) is 29.8 Å². The van der Waals surface area contributed by atoms with E-state index >= 15 is 0 Å². The highest BCUT2D eigenvalue weighted by atomic mass is 16.5. The van der Waals surface area contributed by atoms with Crippen LogP contribution in [0, 0.1) is 0 Å². The van der Waals surface area contributed by atoms with E-state index in [2.05, 4.69) is 30.4 Å². The summed E-state index contributed by atoms with van der Waals surface area (Å²) in [5, 5.41) is 3.49. The Labute approximate surface area is 109 Å². The zero-order valence-electron chi connectivity index (χ0n) is 11.3. The first kappa shape index (κ1) is 13.4. The highest BCUT2D eigenvalue weighted by Gasteiger charge is 2.23. The van der Waals surface area contributed by atoms with E-state index in [0.717, 1.165) is 25.3 Å². The Morgan fingerprint density at radius 3 is 2.89 bits per heavy atom. The molecule has 1 unspecified atom stereocenters. The molecule has 3 heteroatoms. The Morgan fingerprint density at radius 1 is 1.39 bits per heavy atom. The summed E-state index contributed by atoms with van der Waals surface area (Å²) in [6.07, 6.45) is 3.84. The van der Waals surface area contributed by atoms with Crippen LogP contribution in [0.25, 0.3) is 0 Å². The second-order valence-corrected chi connectivity index (χ2v) is 4.78. The molecule has 1 fully saturated rings. The minimum Gasteiger partial charge on any atom is -0.490 e. The lowest BCUT2D eigenvalue weighted by Gasteiger charge is -2.18. The lowest BCUT2D eigenvalue weighted by atomic mass is 10.0. The van der Waals surface area contributed by atoms with Crippen LogP contribution < -0.4 is 10.1 Å². The summed E-state index contributed by atoms with van der Waals surface area (Å²) in [4.78, 5) is 0. The van der Waals surface area contributed by atoms with E-state index in [1.807, 2.05) is 6.07 Å². The number of hydrogen-bond donors (Lipinski definition) is 1. The molecule has 0 aromatic heterocycles. The van der Waals surface area contributed by atoms with Crippen molar-refractivity contribution >= 4 is 0 Å². The molecule has 1 N–H and O–H groups in total. The first-order valence-corrected chi connectivity index (χ1v) is 6.82. The second-order valence-electron chi connectivity index (χ2n) is 4.78. The van der Waals surface area contributed by atoms with E-state index in [9.17, 15) is 0 Å². The topological polar surface area (TPSA) is 30.5 Å². The van der Waals surface area contributed by atoms with Crippen molar-refractivity contribution < 1.29 is 9.47 Å². The van der Waals surface area contributed by atoms with Crippen LogP contribution in [0.2, 0.25) is 0 Å². The summed E-state index contributed by atoms with van der Waals surface area (Å²) in [5.41, 5.74) is 1.28. The van der Waals surface area contributed by atoms with E-state index in [1.54, 1.807) is 7.11 Å². The summed E-state index contributed by atoms with van der Waals surface area (Å²) in [6, 6.07) is 8.77. The minimum absolute atomic E-state index is 0.345. The number of ether oxygens (including phenoxy) is 2. The van der Waals surface area contributed by atoms with Gasteiger partial charge in [0.25, 0.3) is 0 Å². The molecule has 0 aliphatic heterocycles. The van der Waals surface area contributed by atoms with Crippen LogP contribution >= 0.6 is 0 Å². The number of benzene rings is 1. The van der Waals surface area contributed by atoms with Crippen LogP contribution in [0.4, 0.5) is 0 Å². The van der Waals surface area contributed by atoms with Crippen LogP contribution in [-0.2, 0) is 4.74 Å². The normalized spacial score (nSPS) is 16.6. The summed E-state index contributed by atoms with van der Waals surface area (Å²) in [5.74, 6) is 0.996. The Bertz CT molecular complexity index is 363. The number of methoxy groups -OCH3 is 1. The molecule has 0 saturated heterocycles. The fourth-order valence-corrected chi connectivity index (χ4v) is 2.05. The number of rotatable bonds is 8. The van der Waals surface area contributed by atoms with E-state index in [4.69, 9.17) is 9.47 Å². The van der Waals surface area contributed by atoms with E-state index < -0.39 is 0 Å². The molecule has 0 amide bonds. The minimum atomic E-state index is 0.345. The van der Waals surface area contributed by atoms with Gasteiger partial charge in [0.05, 0.1) is 6.10 Å². The molecule has 100 valence electrons. The number of nitrogens with one attached hydrogen (secondary N) is 1.